The summed E-state index contributed by atoms with van der Waals surface area (Å²) in [6.07, 6.45) is 9.18. The van der Waals surface area contributed by atoms with Gasteiger partial charge in [-0.05, 0) is 41.5 Å². The number of carbonyl (C=O) groups is 1. The molecule has 5 rings (SSSR count). The van der Waals surface area contributed by atoms with E-state index in [-0.39, 0.29) is 11.9 Å². The molecule has 9 nitrogen and oxygen atoms in total. The van der Waals surface area contributed by atoms with Gasteiger partial charge in [-0.25, -0.2) is 4.98 Å². The first-order valence-electron chi connectivity index (χ1n) is 9.98. The van der Waals surface area contributed by atoms with Gasteiger partial charge in [0.2, 0.25) is 0 Å². The summed E-state index contributed by atoms with van der Waals surface area (Å²) in [4.78, 5) is 19.3. The van der Waals surface area contributed by atoms with Crippen LogP contribution in [-0.2, 0) is 7.05 Å². The van der Waals surface area contributed by atoms with Gasteiger partial charge in [-0.15, -0.1) is 5.10 Å². The van der Waals surface area contributed by atoms with Gasteiger partial charge in [0.15, 0.2) is 0 Å². The van der Waals surface area contributed by atoms with Crippen molar-refractivity contribution in [2.24, 2.45) is 12.8 Å². The quantitative estimate of drug-likeness (QED) is 0.590. The molecule has 2 aliphatic rings. The van der Waals surface area contributed by atoms with Gasteiger partial charge in [-0.1, -0.05) is 17.3 Å². The zero-order chi connectivity index (χ0) is 21.4. The van der Waals surface area contributed by atoms with Crippen molar-refractivity contribution in [3.05, 3.63) is 71.4 Å². The van der Waals surface area contributed by atoms with E-state index >= 15 is 0 Å². The predicted molar refractivity (Wildman–Crippen MR) is 118 cm³/mol. The average molecular weight is 414 g/mol. The molecule has 0 atom stereocenters. The van der Waals surface area contributed by atoms with E-state index in [4.69, 9.17) is 5.73 Å². The normalized spacial score (nSPS) is 15.4. The highest BCUT2D eigenvalue weighted by Crippen LogP contribution is 2.24. The monoisotopic (exact) mass is 414 g/mol. The molecule has 0 saturated carbocycles. The van der Waals surface area contributed by atoms with Crippen molar-refractivity contribution in [1.82, 2.24) is 30.6 Å². The van der Waals surface area contributed by atoms with Gasteiger partial charge in [0.1, 0.15) is 17.3 Å². The molecule has 4 heterocycles. The van der Waals surface area contributed by atoms with E-state index in [1.54, 1.807) is 29.2 Å². The molecule has 0 bridgehead atoms. The van der Waals surface area contributed by atoms with Gasteiger partial charge < -0.3 is 21.3 Å². The van der Waals surface area contributed by atoms with Gasteiger partial charge in [0.25, 0.3) is 5.91 Å². The van der Waals surface area contributed by atoms with Crippen LogP contribution in [0.4, 0.5) is 5.82 Å². The van der Waals surface area contributed by atoms with Crippen LogP contribution >= 0.6 is 0 Å². The minimum atomic E-state index is -0.214. The number of aromatic nitrogens is 4. The Kier molecular flexibility index (Phi) is 4.72. The Labute approximate surface area is 179 Å². The van der Waals surface area contributed by atoms with E-state index in [2.05, 4.69) is 30.8 Å². The third kappa shape index (κ3) is 3.90. The molecule has 1 fully saturated rings. The van der Waals surface area contributed by atoms with Crippen LogP contribution in [0.2, 0.25) is 0 Å². The average Bonchev–Trinajstić information content (AvgIpc) is 3.08. The fourth-order valence-electron chi connectivity index (χ4n) is 3.61. The summed E-state index contributed by atoms with van der Waals surface area (Å²) in [6, 6.07) is 9.70. The fraction of sp³-hybridized carbons (Fsp3) is 0.182. The number of hydrogen-bond donors (Lipinski definition) is 3. The van der Waals surface area contributed by atoms with Crippen molar-refractivity contribution < 1.29 is 4.79 Å². The molecule has 1 aromatic carbocycles. The lowest BCUT2D eigenvalue weighted by Gasteiger charge is -2.37. The summed E-state index contributed by atoms with van der Waals surface area (Å²) in [5.41, 5.74) is 10.1. The molecule has 31 heavy (non-hydrogen) atoms. The topological polar surface area (TPSA) is 114 Å². The van der Waals surface area contributed by atoms with Crippen LogP contribution in [0.15, 0.2) is 54.7 Å². The lowest BCUT2D eigenvalue weighted by molar-refractivity contribution is 0.0964. The van der Waals surface area contributed by atoms with E-state index in [1.807, 2.05) is 43.6 Å². The molecular formula is C22H22N8O. The van der Waals surface area contributed by atoms with Crippen LogP contribution < -0.4 is 21.3 Å². The maximum absolute atomic E-state index is 12.9. The number of amides is 1. The maximum Gasteiger partial charge on any atom is 0.256 e. The van der Waals surface area contributed by atoms with Crippen LogP contribution in [0.1, 0.15) is 21.5 Å². The molecule has 2 aromatic heterocycles. The molecule has 0 radical (unpaired) electrons. The third-order valence-corrected chi connectivity index (χ3v) is 5.28. The molecule has 1 amide bonds. The smallest absolute Gasteiger partial charge is 0.256 e. The highest BCUT2D eigenvalue weighted by Gasteiger charge is 2.24. The number of nitrogens with two attached hydrogens (primary N) is 1. The second kappa shape index (κ2) is 7.69. The van der Waals surface area contributed by atoms with Crippen LogP contribution in [0.3, 0.4) is 0 Å². The number of rotatable bonds is 4. The second-order valence-corrected chi connectivity index (χ2v) is 7.68. The minimum absolute atomic E-state index is 0.165. The molecule has 3 aromatic rings. The number of nitrogens with zero attached hydrogens (tertiary/aromatic N) is 5. The Balaban J connectivity index is 1.38. The standard InChI is InChI=1S/C22H22N8O/c1-29-13-19(27-28-29)15-3-2-14-4-6-24-20(9-17(14)8-15)26-22(31)16-5-7-25-21(10-16)30-11-18(23)12-30/h2-10,13,18,24H,11-12,23H2,1H3,(H,26,31). The summed E-state index contributed by atoms with van der Waals surface area (Å²) in [5.74, 6) is 1.13. The molecule has 1 saturated heterocycles. The molecule has 0 unspecified atom stereocenters. The molecular weight excluding hydrogens is 392 g/mol. The third-order valence-electron chi connectivity index (χ3n) is 5.28. The van der Waals surface area contributed by atoms with E-state index < -0.39 is 0 Å². The summed E-state index contributed by atoms with van der Waals surface area (Å²) < 4.78 is 1.67. The van der Waals surface area contributed by atoms with Crippen LogP contribution in [0.5, 0.6) is 0 Å². The second-order valence-electron chi connectivity index (χ2n) is 7.68. The zero-order valence-electron chi connectivity index (χ0n) is 17.0. The first-order valence-corrected chi connectivity index (χ1v) is 9.98. The van der Waals surface area contributed by atoms with E-state index in [1.165, 1.54) is 0 Å². The Morgan fingerprint density at radius 1 is 1.23 bits per heavy atom. The van der Waals surface area contributed by atoms with E-state index in [0.717, 1.165) is 41.3 Å². The SMILES string of the molecule is Cn1cc(-c2ccc3c(c2)C=C(NC(=O)c2ccnc(N4CC(N)C4)c2)NC=C3)nn1. The van der Waals surface area contributed by atoms with Crippen molar-refractivity contribution in [3.63, 3.8) is 0 Å². The largest absolute Gasteiger partial charge is 0.353 e. The lowest BCUT2D eigenvalue weighted by Crippen LogP contribution is -2.56. The summed E-state index contributed by atoms with van der Waals surface area (Å²) in [7, 11) is 1.83. The van der Waals surface area contributed by atoms with Crippen LogP contribution in [0.25, 0.3) is 23.4 Å². The summed E-state index contributed by atoms with van der Waals surface area (Å²) in [5, 5.41) is 14.3. The number of anilines is 1. The summed E-state index contributed by atoms with van der Waals surface area (Å²) in [6.45, 7) is 1.50. The number of pyridine rings is 1. The Bertz CT molecular complexity index is 1210. The first-order chi connectivity index (χ1) is 15.0. The highest BCUT2D eigenvalue weighted by molar-refractivity contribution is 5.96. The Morgan fingerprint density at radius 2 is 2.10 bits per heavy atom. The minimum Gasteiger partial charge on any atom is -0.353 e. The van der Waals surface area contributed by atoms with Crippen molar-refractivity contribution in [1.29, 1.82) is 0 Å². The molecule has 0 aliphatic carbocycles. The summed E-state index contributed by atoms with van der Waals surface area (Å²) >= 11 is 0. The number of benzene rings is 1. The van der Waals surface area contributed by atoms with E-state index in [0.29, 0.717) is 11.4 Å². The van der Waals surface area contributed by atoms with Gasteiger partial charge in [0, 0.05) is 49.7 Å². The van der Waals surface area contributed by atoms with Gasteiger partial charge in [-0.2, -0.15) is 0 Å². The zero-order valence-corrected chi connectivity index (χ0v) is 17.0. The number of nitrogens with one attached hydrogen (secondary N) is 2. The number of hydrogen-bond acceptors (Lipinski definition) is 7. The van der Waals surface area contributed by atoms with Crippen molar-refractivity contribution in [2.75, 3.05) is 18.0 Å². The molecule has 4 N–H and O–H groups in total. The van der Waals surface area contributed by atoms with Crippen molar-refractivity contribution in [2.45, 2.75) is 6.04 Å². The van der Waals surface area contributed by atoms with Crippen molar-refractivity contribution >= 4 is 23.9 Å². The maximum atomic E-state index is 12.9. The predicted octanol–water partition coefficient (Wildman–Crippen LogP) is 1.33. The Hall–Kier alpha value is -3.98. The van der Waals surface area contributed by atoms with Gasteiger partial charge in [0.05, 0.1) is 6.20 Å². The fourth-order valence-corrected chi connectivity index (χ4v) is 3.61. The number of fused-ring (bicyclic) bond motifs is 1. The van der Waals surface area contributed by atoms with Crippen LogP contribution in [-0.4, -0.2) is 45.0 Å². The van der Waals surface area contributed by atoms with E-state index in [9.17, 15) is 4.79 Å². The van der Waals surface area contributed by atoms with Crippen molar-refractivity contribution in [3.8, 4) is 11.3 Å². The number of carbonyl (C=O) groups excluding carboxylic acids is 1. The number of aryl methyl sites for hydroxylation is 1. The lowest BCUT2D eigenvalue weighted by atomic mass is 10.0. The van der Waals surface area contributed by atoms with Gasteiger partial charge >= 0.3 is 0 Å². The van der Waals surface area contributed by atoms with Gasteiger partial charge in [-0.3, -0.25) is 9.48 Å². The highest BCUT2D eigenvalue weighted by atomic mass is 16.1. The molecule has 0 spiro atoms. The molecule has 9 heteroatoms. The molecule has 156 valence electrons. The first kappa shape index (κ1) is 19.0. The molecule has 2 aliphatic heterocycles. The Morgan fingerprint density at radius 3 is 2.87 bits per heavy atom. The van der Waals surface area contributed by atoms with Crippen LogP contribution in [0, 0.1) is 0 Å².